The molecule has 0 rings (SSSR count). The number of ether oxygens (including phenoxy) is 1. The van der Waals surface area contributed by atoms with Gasteiger partial charge in [0.05, 0.1) is 6.61 Å². The molecule has 0 aromatic rings. The second-order valence-electron chi connectivity index (χ2n) is 7.42. The smallest absolute Gasteiger partial charge is 0.425 e. The summed E-state index contributed by atoms with van der Waals surface area (Å²) in [4.78, 5) is 18.1. The van der Waals surface area contributed by atoms with Crippen molar-refractivity contribution < 1.29 is 14.4 Å². The highest BCUT2D eigenvalue weighted by atomic mass is 28.3. The first-order chi connectivity index (χ1) is 8.33. The number of rotatable bonds is 4. The molecule has 0 saturated carbocycles. The topological polar surface area (TPSA) is 38.8 Å². The highest BCUT2D eigenvalue weighted by Crippen LogP contribution is 2.39. The van der Waals surface area contributed by atoms with Crippen LogP contribution in [0.2, 0.25) is 18.1 Å². The van der Waals surface area contributed by atoms with Gasteiger partial charge in [0, 0.05) is 0 Å². The van der Waals surface area contributed by atoms with E-state index in [1.165, 1.54) is 4.73 Å². The molecular weight excluding hydrogens is 258 g/mol. The van der Waals surface area contributed by atoms with Crippen LogP contribution in [0.3, 0.4) is 0 Å². The van der Waals surface area contributed by atoms with E-state index >= 15 is 0 Å². The van der Waals surface area contributed by atoms with E-state index in [1.807, 2.05) is 27.7 Å². The summed E-state index contributed by atoms with van der Waals surface area (Å²) in [6, 6.07) is 0. The third-order valence-corrected chi connectivity index (χ3v) is 8.32. The van der Waals surface area contributed by atoms with Gasteiger partial charge in [0.2, 0.25) is 0 Å². The van der Waals surface area contributed by atoms with Crippen LogP contribution in [0.25, 0.3) is 0 Å². The quantitative estimate of drug-likeness (QED) is 0.562. The summed E-state index contributed by atoms with van der Waals surface area (Å²) in [5, 5.41) is 0.0116. The highest BCUT2D eigenvalue weighted by molar-refractivity contribution is 6.78. The molecule has 0 spiro atoms. The number of carbonyl (C=O) groups is 1. The molecule has 0 aromatic carbocycles. The fourth-order valence-electron chi connectivity index (χ4n) is 1.23. The van der Waals surface area contributed by atoms with Crippen molar-refractivity contribution in [2.24, 2.45) is 0 Å². The van der Waals surface area contributed by atoms with Crippen LogP contribution in [-0.2, 0) is 9.57 Å². The van der Waals surface area contributed by atoms with Crippen LogP contribution >= 0.6 is 0 Å². The lowest BCUT2D eigenvalue weighted by atomic mass is 10.2. The van der Waals surface area contributed by atoms with Crippen LogP contribution in [0.4, 0.5) is 4.79 Å². The van der Waals surface area contributed by atoms with Gasteiger partial charge in [0.25, 0.3) is 0 Å². The first kappa shape index (κ1) is 18.4. The summed E-state index contributed by atoms with van der Waals surface area (Å²) < 4.78 is 7.00. The van der Waals surface area contributed by atoms with E-state index < -0.39 is 13.8 Å². The van der Waals surface area contributed by atoms with Gasteiger partial charge in [-0.05, 0) is 45.3 Å². The SMILES string of the molecule is CCCON(C(=O)OC(C)(C)C)[Si](C)(C)C(C)(C)C. The molecule has 19 heavy (non-hydrogen) atoms. The molecule has 0 atom stereocenters. The van der Waals surface area contributed by atoms with Crippen molar-refractivity contribution in [1.29, 1.82) is 0 Å². The molecule has 0 fully saturated rings. The van der Waals surface area contributed by atoms with Crippen molar-refractivity contribution >= 4 is 14.3 Å². The van der Waals surface area contributed by atoms with Crippen LogP contribution in [-0.4, -0.2) is 31.3 Å². The van der Waals surface area contributed by atoms with Crippen molar-refractivity contribution in [1.82, 2.24) is 4.73 Å². The first-order valence-electron chi connectivity index (χ1n) is 6.99. The molecule has 0 heterocycles. The summed E-state index contributed by atoms with van der Waals surface area (Å²) >= 11 is 0. The summed E-state index contributed by atoms with van der Waals surface area (Å²) in [7, 11) is -2.10. The van der Waals surface area contributed by atoms with Crippen LogP contribution in [0, 0.1) is 0 Å². The van der Waals surface area contributed by atoms with Crippen molar-refractivity contribution in [3.05, 3.63) is 0 Å². The molecule has 0 aliphatic carbocycles. The molecule has 0 radical (unpaired) electrons. The number of nitrogens with zero attached hydrogens (tertiary/aromatic N) is 1. The van der Waals surface area contributed by atoms with Gasteiger partial charge in [-0.3, -0.25) is 4.84 Å². The molecule has 0 unspecified atom stereocenters. The maximum absolute atomic E-state index is 12.4. The Balaban J connectivity index is 5.16. The van der Waals surface area contributed by atoms with Crippen LogP contribution in [0.5, 0.6) is 0 Å². The minimum atomic E-state index is -2.10. The Bertz CT molecular complexity index is 303. The third kappa shape index (κ3) is 5.53. The third-order valence-electron chi connectivity index (χ3n) is 3.33. The van der Waals surface area contributed by atoms with Gasteiger partial charge in [-0.15, -0.1) is 0 Å². The van der Waals surface area contributed by atoms with Gasteiger partial charge in [-0.1, -0.05) is 27.7 Å². The van der Waals surface area contributed by atoms with E-state index in [9.17, 15) is 4.79 Å². The molecule has 0 aliphatic rings. The van der Waals surface area contributed by atoms with Gasteiger partial charge in [0.1, 0.15) is 5.60 Å². The highest BCUT2D eigenvalue weighted by Gasteiger charge is 2.46. The van der Waals surface area contributed by atoms with Gasteiger partial charge in [0.15, 0.2) is 8.24 Å². The fourth-order valence-corrected chi connectivity index (χ4v) is 2.76. The molecule has 4 nitrogen and oxygen atoms in total. The molecule has 0 saturated heterocycles. The minimum absolute atomic E-state index is 0.0116. The van der Waals surface area contributed by atoms with Crippen LogP contribution in [0.1, 0.15) is 54.9 Å². The summed E-state index contributed by atoms with van der Waals surface area (Å²) in [6.07, 6.45) is 0.501. The second kappa shape index (κ2) is 6.26. The largest absolute Gasteiger partial charge is 0.443 e. The first-order valence-corrected chi connectivity index (χ1v) is 9.94. The number of hydroxylamine groups is 1. The Labute approximate surface area is 119 Å². The van der Waals surface area contributed by atoms with E-state index in [0.717, 1.165) is 6.42 Å². The normalized spacial score (nSPS) is 13.3. The molecule has 0 bridgehead atoms. The number of hydrogen-bond donors (Lipinski definition) is 0. The van der Waals surface area contributed by atoms with Gasteiger partial charge in [-0.25, -0.2) is 9.52 Å². The molecule has 1 amide bonds. The van der Waals surface area contributed by atoms with E-state index in [-0.39, 0.29) is 11.1 Å². The summed E-state index contributed by atoms with van der Waals surface area (Å²) in [5.74, 6) is 0. The predicted octanol–water partition coefficient (Wildman–Crippen LogP) is 4.57. The van der Waals surface area contributed by atoms with Crippen LogP contribution < -0.4 is 0 Å². The molecule has 114 valence electrons. The Kier molecular flexibility index (Phi) is 6.08. The molecule has 0 aliphatic heterocycles. The lowest BCUT2D eigenvalue weighted by molar-refractivity contribution is -0.0994. The summed E-state index contributed by atoms with van der Waals surface area (Å²) in [5.41, 5.74) is -0.507. The van der Waals surface area contributed by atoms with Crippen molar-refractivity contribution in [2.45, 2.75) is 78.6 Å². The van der Waals surface area contributed by atoms with E-state index in [4.69, 9.17) is 9.57 Å². The minimum Gasteiger partial charge on any atom is -0.443 e. The zero-order valence-corrected chi connectivity index (χ0v) is 15.1. The standard InChI is InChI=1S/C14H31NO3Si/c1-10-11-17-15(12(16)18-13(2,3)4)19(8,9)14(5,6)7/h10-11H2,1-9H3. The van der Waals surface area contributed by atoms with E-state index in [1.54, 1.807) is 0 Å². The second-order valence-corrected chi connectivity index (χ2v) is 12.4. The maximum Gasteiger partial charge on any atom is 0.425 e. The monoisotopic (exact) mass is 289 g/mol. The molecule has 5 heteroatoms. The number of amides is 1. The fraction of sp³-hybridized carbons (Fsp3) is 0.929. The van der Waals surface area contributed by atoms with Crippen molar-refractivity contribution in [3.8, 4) is 0 Å². The Morgan fingerprint density at radius 2 is 1.58 bits per heavy atom. The number of hydrogen-bond acceptors (Lipinski definition) is 3. The van der Waals surface area contributed by atoms with Crippen molar-refractivity contribution in [2.75, 3.05) is 6.61 Å². The Morgan fingerprint density at radius 1 is 1.11 bits per heavy atom. The van der Waals surface area contributed by atoms with Gasteiger partial charge < -0.3 is 4.74 Å². The lowest BCUT2D eigenvalue weighted by Crippen LogP contribution is -2.58. The van der Waals surface area contributed by atoms with Gasteiger partial charge >= 0.3 is 6.09 Å². The van der Waals surface area contributed by atoms with E-state index in [0.29, 0.717) is 6.61 Å². The van der Waals surface area contributed by atoms with Crippen LogP contribution in [0.15, 0.2) is 0 Å². The predicted molar refractivity (Wildman–Crippen MR) is 81.5 cm³/mol. The lowest BCUT2D eigenvalue weighted by Gasteiger charge is -2.44. The molecule has 0 N–H and O–H groups in total. The molecular formula is C14H31NO3Si. The average molecular weight is 289 g/mol. The van der Waals surface area contributed by atoms with Gasteiger partial charge in [-0.2, -0.15) is 0 Å². The zero-order valence-electron chi connectivity index (χ0n) is 14.1. The maximum atomic E-state index is 12.4. The number of carbonyl (C=O) groups excluding carboxylic acids is 1. The Hall–Kier alpha value is -0.553. The van der Waals surface area contributed by atoms with Crippen molar-refractivity contribution in [3.63, 3.8) is 0 Å². The molecule has 0 aromatic heterocycles. The summed E-state index contributed by atoms with van der Waals surface area (Å²) in [6.45, 7) is 18.9. The average Bonchev–Trinajstić information content (AvgIpc) is 2.12. The zero-order chi connectivity index (χ0) is 15.5. The van der Waals surface area contributed by atoms with E-state index in [2.05, 4.69) is 33.9 Å². The Morgan fingerprint density at radius 3 is 1.89 bits per heavy atom.